The highest BCUT2D eigenvalue weighted by atomic mass is 19.4. The summed E-state index contributed by atoms with van der Waals surface area (Å²) in [4.78, 5) is 61.7. The molecule has 3 saturated heterocycles. The fourth-order valence-electron chi connectivity index (χ4n) is 9.41. The van der Waals surface area contributed by atoms with Crippen molar-refractivity contribution in [3.63, 3.8) is 0 Å². The first-order chi connectivity index (χ1) is 31.5. The van der Waals surface area contributed by atoms with Gasteiger partial charge in [-0.25, -0.2) is 22.5 Å². The van der Waals surface area contributed by atoms with Gasteiger partial charge in [-0.3, -0.25) is 34.1 Å². The fourth-order valence-corrected chi connectivity index (χ4v) is 9.41. The van der Waals surface area contributed by atoms with Crippen LogP contribution in [0.15, 0.2) is 42.9 Å². The van der Waals surface area contributed by atoms with Gasteiger partial charge in [-0.2, -0.15) is 28.2 Å². The third kappa shape index (κ3) is 10.3. The summed E-state index contributed by atoms with van der Waals surface area (Å²) in [5.41, 5.74) is -0.990. The molecule has 66 heavy (non-hydrogen) atoms. The highest BCUT2D eigenvalue weighted by Crippen LogP contribution is 2.37. The van der Waals surface area contributed by atoms with E-state index in [0.29, 0.717) is 64.9 Å². The van der Waals surface area contributed by atoms with Crippen LogP contribution in [0.5, 0.6) is 0 Å². The second-order valence-electron chi connectivity index (χ2n) is 16.9. The second kappa shape index (κ2) is 19.4. The number of aromatic nitrogens is 6. The van der Waals surface area contributed by atoms with E-state index in [1.807, 2.05) is 4.90 Å². The highest BCUT2D eigenvalue weighted by molar-refractivity contribution is 6.03. The Bertz CT molecular complexity index is 2420. The van der Waals surface area contributed by atoms with E-state index < -0.39 is 66.0 Å². The van der Waals surface area contributed by atoms with Crippen molar-refractivity contribution < 1.29 is 54.6 Å². The Kier molecular flexibility index (Phi) is 13.6. The zero-order valence-electron chi connectivity index (χ0n) is 35.6. The van der Waals surface area contributed by atoms with Crippen LogP contribution in [0.1, 0.15) is 85.1 Å². The first-order valence-corrected chi connectivity index (χ1v) is 21.5. The Morgan fingerprint density at radius 1 is 0.939 bits per heavy atom. The maximum Gasteiger partial charge on any atom is 0.405 e. The van der Waals surface area contributed by atoms with Crippen LogP contribution in [0.25, 0.3) is 5.69 Å². The number of alkyl halides is 5. The van der Waals surface area contributed by atoms with E-state index in [2.05, 4.69) is 41.1 Å². The van der Waals surface area contributed by atoms with Crippen LogP contribution in [0.2, 0.25) is 0 Å². The van der Waals surface area contributed by atoms with Crippen LogP contribution < -0.4 is 20.9 Å². The predicted molar refractivity (Wildman–Crippen MR) is 221 cm³/mol. The number of ether oxygens (including phenoxy) is 1. The van der Waals surface area contributed by atoms with Gasteiger partial charge in [0.05, 0.1) is 48.1 Å². The maximum atomic E-state index is 15.3. The Morgan fingerprint density at radius 2 is 1.68 bits per heavy atom. The summed E-state index contributed by atoms with van der Waals surface area (Å²) in [7, 11) is 1.59. The lowest BCUT2D eigenvalue weighted by Gasteiger charge is -2.47. The molecule has 3 aromatic heterocycles. The number of carbonyl (C=O) groups is 4. The molecule has 0 radical (unpaired) electrons. The van der Waals surface area contributed by atoms with E-state index in [4.69, 9.17) is 4.74 Å². The number of nitrogens with one attached hydrogen (secondary N) is 3. The van der Waals surface area contributed by atoms with Crippen molar-refractivity contribution in [1.29, 1.82) is 0 Å². The van der Waals surface area contributed by atoms with Crippen LogP contribution in [-0.4, -0.2) is 134 Å². The number of carbonyl (C=O) groups excluding carboxylic acids is 4. The number of rotatable bonds is 13. The minimum Gasteiger partial charge on any atom is -0.383 e. The molecule has 17 nitrogen and oxygen atoms in total. The number of piperazine rings is 1. The van der Waals surface area contributed by atoms with E-state index in [0.717, 1.165) is 11.0 Å². The van der Waals surface area contributed by atoms with Crippen molar-refractivity contribution >= 4 is 40.8 Å². The molecule has 4 amide bonds. The number of halogens is 7. The van der Waals surface area contributed by atoms with Crippen LogP contribution >= 0.6 is 0 Å². The Balaban J connectivity index is 0.849. The number of pyridine rings is 1. The third-order valence-corrected chi connectivity index (χ3v) is 12.6. The molecule has 0 spiro atoms. The molecule has 354 valence electrons. The summed E-state index contributed by atoms with van der Waals surface area (Å²) in [5, 5.41) is 18.9. The number of benzene rings is 1. The van der Waals surface area contributed by atoms with Gasteiger partial charge in [0, 0.05) is 82.0 Å². The van der Waals surface area contributed by atoms with E-state index in [9.17, 15) is 41.1 Å². The molecule has 4 aromatic rings. The number of nitrogens with zero attached hydrogens (tertiary/aromatic N) is 9. The van der Waals surface area contributed by atoms with Gasteiger partial charge < -0.3 is 25.2 Å². The first-order valence-electron chi connectivity index (χ1n) is 21.5. The van der Waals surface area contributed by atoms with E-state index in [1.165, 1.54) is 41.3 Å². The molecule has 1 aromatic carbocycles. The molecule has 24 heteroatoms. The van der Waals surface area contributed by atoms with Crippen LogP contribution in [0, 0.1) is 17.6 Å². The minimum atomic E-state index is -4.48. The molecule has 3 aliphatic heterocycles. The largest absolute Gasteiger partial charge is 0.405 e. The van der Waals surface area contributed by atoms with E-state index in [-0.39, 0.29) is 77.6 Å². The Morgan fingerprint density at radius 3 is 2.38 bits per heavy atom. The molecule has 3 atom stereocenters. The topological polar surface area (TPSA) is 185 Å². The van der Waals surface area contributed by atoms with Gasteiger partial charge in [0.1, 0.15) is 24.0 Å². The van der Waals surface area contributed by atoms with Gasteiger partial charge in [0.25, 0.3) is 12.3 Å². The summed E-state index contributed by atoms with van der Waals surface area (Å²) >= 11 is 0. The number of methoxy groups -OCH3 is 1. The molecule has 0 unspecified atom stereocenters. The molecule has 6 heterocycles. The number of amides is 4. The van der Waals surface area contributed by atoms with Gasteiger partial charge in [0.2, 0.25) is 17.7 Å². The van der Waals surface area contributed by atoms with Gasteiger partial charge in [-0.05, 0) is 56.7 Å². The molecule has 0 bridgehead atoms. The number of imide groups is 1. The standard InChI is InChI=1S/C42H47F7N12O5/c1-66-21-28-19-58(41(65)23-9-11-57(18-23)27-14-30(43)36(31(44)15-27)29-6-7-35(62)54-39(29)63)12-13-59(28)24-2-4-25(5-3-24)60-20-33(37(56-60)38(45)46)53-40(64)32-17-52-61(55-32)26-8-10-50-34(16-26)51-22-42(47,48)49/h8,10,14-17,20,23-25,28-29,38H,2-7,9,11-13,18-19,21-22H2,1H3,(H,50,51)(H,53,64)(H,54,62,63)/t23-,24?,25?,28-,29-/m1/s1. The molecule has 4 aliphatic rings. The van der Waals surface area contributed by atoms with Crippen molar-refractivity contribution in [2.24, 2.45) is 5.92 Å². The lowest BCUT2D eigenvalue weighted by atomic mass is 9.89. The number of hydrogen-bond acceptors (Lipinski definition) is 12. The predicted octanol–water partition coefficient (Wildman–Crippen LogP) is 4.99. The first kappa shape index (κ1) is 46.4. The average molecular weight is 933 g/mol. The highest BCUT2D eigenvalue weighted by Gasteiger charge is 2.40. The molecule has 4 fully saturated rings. The minimum absolute atomic E-state index is 0.00761. The maximum absolute atomic E-state index is 15.3. The van der Waals surface area contributed by atoms with Gasteiger partial charge in [-0.1, -0.05) is 0 Å². The van der Waals surface area contributed by atoms with Crippen LogP contribution in [0.4, 0.5) is 47.9 Å². The molecular formula is C42H47F7N12O5. The van der Waals surface area contributed by atoms with Crippen molar-refractivity contribution in [2.75, 3.05) is 68.5 Å². The number of hydrogen-bond donors (Lipinski definition) is 3. The molecule has 1 aliphatic carbocycles. The number of piperidine rings is 1. The van der Waals surface area contributed by atoms with Crippen LogP contribution in [0.3, 0.4) is 0 Å². The van der Waals surface area contributed by atoms with Crippen LogP contribution in [-0.2, 0) is 19.1 Å². The SMILES string of the molecule is COC[C@H]1CN(C(=O)[C@@H]2CCN(c3cc(F)c([C@H]4CCC(=O)NC4=O)c(F)c3)C2)CCN1C1CCC(n2cc(NC(=O)c3cnn(-c4ccnc(NCC(F)(F)F)c4)n3)c(C(F)F)n2)CC1. The molecule has 1 saturated carbocycles. The number of anilines is 3. The van der Waals surface area contributed by atoms with Gasteiger partial charge in [0.15, 0.2) is 11.4 Å². The Labute approximate surface area is 373 Å². The normalized spacial score (nSPS) is 23.1. The van der Waals surface area contributed by atoms with Gasteiger partial charge in [-0.15, -0.1) is 5.10 Å². The van der Waals surface area contributed by atoms with Crippen molar-refractivity contribution in [1.82, 2.24) is 44.9 Å². The summed E-state index contributed by atoms with van der Waals surface area (Å²) in [6.45, 7) is 1.12. The second-order valence-corrected chi connectivity index (χ2v) is 16.9. The van der Waals surface area contributed by atoms with Gasteiger partial charge >= 0.3 is 6.18 Å². The monoisotopic (exact) mass is 932 g/mol. The summed E-state index contributed by atoms with van der Waals surface area (Å²) < 4.78 is 104. The van der Waals surface area contributed by atoms with Crippen molar-refractivity contribution in [2.45, 2.75) is 81.6 Å². The zero-order chi connectivity index (χ0) is 46.9. The van der Waals surface area contributed by atoms with Crippen molar-refractivity contribution in [3.05, 3.63) is 71.4 Å². The quantitative estimate of drug-likeness (QED) is 0.121. The zero-order valence-corrected chi connectivity index (χ0v) is 35.6. The van der Waals surface area contributed by atoms with E-state index in [1.54, 1.807) is 12.0 Å². The summed E-state index contributed by atoms with van der Waals surface area (Å²) in [5.74, 6) is -5.53. The lowest BCUT2D eigenvalue weighted by Crippen LogP contribution is -2.60. The van der Waals surface area contributed by atoms with E-state index >= 15 is 8.78 Å². The molecule has 8 rings (SSSR count). The van der Waals surface area contributed by atoms with Crippen molar-refractivity contribution in [3.8, 4) is 5.69 Å². The molecular weight excluding hydrogens is 886 g/mol. The summed E-state index contributed by atoms with van der Waals surface area (Å²) in [6, 6.07) is 4.74. The summed E-state index contributed by atoms with van der Waals surface area (Å²) in [6.07, 6.45) is -0.762. The average Bonchev–Trinajstić information content (AvgIpc) is 4.08. The molecule has 3 N–H and O–H groups in total. The lowest BCUT2D eigenvalue weighted by molar-refractivity contribution is -0.139. The smallest absolute Gasteiger partial charge is 0.383 e. The fraction of sp³-hybridized carbons (Fsp3) is 0.524. The third-order valence-electron chi connectivity index (χ3n) is 12.6. The Hall–Kier alpha value is -6.17.